The maximum Gasteiger partial charge on any atom is 0.244 e. The van der Waals surface area contributed by atoms with Gasteiger partial charge in [-0.2, -0.15) is 4.31 Å². The van der Waals surface area contributed by atoms with E-state index in [1.807, 2.05) is 6.07 Å². The maximum absolute atomic E-state index is 12.6. The SMILES string of the molecule is CC(C)c1nc2c(n1C)CCN(c1ccc(S(=O)(=O)N3CCCC3)cn1)C2. The molecule has 0 aliphatic carbocycles. The first-order chi connectivity index (χ1) is 12.9. The lowest BCUT2D eigenvalue weighted by Gasteiger charge is -2.28. The summed E-state index contributed by atoms with van der Waals surface area (Å²) in [5.74, 6) is 2.31. The molecule has 2 aliphatic heterocycles. The number of hydrogen-bond donors (Lipinski definition) is 0. The molecule has 0 amide bonds. The molecule has 0 saturated carbocycles. The van der Waals surface area contributed by atoms with Crippen molar-refractivity contribution < 1.29 is 8.42 Å². The zero-order chi connectivity index (χ0) is 19.2. The second-order valence-corrected chi connectivity index (χ2v) is 9.65. The van der Waals surface area contributed by atoms with E-state index in [1.54, 1.807) is 10.4 Å². The van der Waals surface area contributed by atoms with Gasteiger partial charge in [-0.1, -0.05) is 13.8 Å². The molecule has 0 aromatic carbocycles. The van der Waals surface area contributed by atoms with E-state index in [-0.39, 0.29) is 4.90 Å². The Labute approximate surface area is 161 Å². The van der Waals surface area contributed by atoms with E-state index in [0.717, 1.165) is 43.1 Å². The van der Waals surface area contributed by atoms with Crippen LogP contribution in [0, 0.1) is 0 Å². The Morgan fingerprint density at radius 1 is 1.11 bits per heavy atom. The summed E-state index contributed by atoms with van der Waals surface area (Å²) >= 11 is 0. The van der Waals surface area contributed by atoms with Gasteiger partial charge in [0.05, 0.1) is 12.2 Å². The molecule has 4 rings (SSSR count). The molecule has 1 fully saturated rings. The van der Waals surface area contributed by atoms with Crippen LogP contribution in [-0.4, -0.2) is 46.9 Å². The third-order valence-electron chi connectivity index (χ3n) is 5.55. The molecule has 0 radical (unpaired) electrons. The minimum absolute atomic E-state index is 0.283. The Morgan fingerprint density at radius 3 is 2.48 bits per heavy atom. The fraction of sp³-hybridized carbons (Fsp3) is 0.579. The number of imidazole rings is 1. The Morgan fingerprint density at radius 2 is 1.85 bits per heavy atom. The van der Waals surface area contributed by atoms with Crippen LogP contribution >= 0.6 is 0 Å². The number of nitrogens with zero attached hydrogens (tertiary/aromatic N) is 5. The fourth-order valence-electron chi connectivity index (χ4n) is 4.05. The predicted molar refractivity (Wildman–Crippen MR) is 104 cm³/mol. The van der Waals surface area contributed by atoms with Crippen molar-refractivity contribution in [2.45, 2.75) is 50.5 Å². The zero-order valence-electron chi connectivity index (χ0n) is 16.2. The Hall–Kier alpha value is -1.93. The smallest absolute Gasteiger partial charge is 0.244 e. The lowest BCUT2D eigenvalue weighted by Crippen LogP contribution is -2.32. The average Bonchev–Trinajstić information content (AvgIpc) is 3.30. The van der Waals surface area contributed by atoms with Crippen LogP contribution in [0.1, 0.15) is 49.8 Å². The number of rotatable bonds is 4. The van der Waals surface area contributed by atoms with E-state index in [0.29, 0.717) is 25.6 Å². The standard InChI is InChI=1S/C19H27N5O2S/c1-14(2)19-21-16-13-23(11-8-17(16)22(19)3)18-7-6-15(12-20-18)27(25,26)24-9-4-5-10-24/h6-7,12,14H,4-5,8-11,13H2,1-3H3. The van der Waals surface area contributed by atoms with Crippen molar-refractivity contribution in [2.24, 2.45) is 7.05 Å². The third kappa shape index (κ3) is 3.25. The molecule has 0 atom stereocenters. The summed E-state index contributed by atoms with van der Waals surface area (Å²) in [4.78, 5) is 11.7. The molecule has 1 saturated heterocycles. The average molecular weight is 390 g/mol. The fourth-order valence-corrected chi connectivity index (χ4v) is 5.51. The van der Waals surface area contributed by atoms with Crippen LogP contribution in [-0.2, 0) is 30.0 Å². The van der Waals surface area contributed by atoms with E-state index in [2.05, 4.69) is 35.3 Å². The molecule has 8 heteroatoms. The first kappa shape index (κ1) is 18.4. The number of pyridine rings is 1. The number of hydrogen-bond acceptors (Lipinski definition) is 5. The summed E-state index contributed by atoms with van der Waals surface area (Å²) in [6.45, 7) is 7.10. The number of fused-ring (bicyclic) bond motifs is 1. The van der Waals surface area contributed by atoms with Crippen molar-refractivity contribution in [3.63, 3.8) is 0 Å². The molecule has 146 valence electrons. The molecule has 2 aromatic rings. The lowest BCUT2D eigenvalue weighted by molar-refractivity contribution is 0.477. The molecular weight excluding hydrogens is 362 g/mol. The van der Waals surface area contributed by atoms with Crippen molar-refractivity contribution in [1.29, 1.82) is 0 Å². The molecule has 2 aromatic heterocycles. The van der Waals surface area contributed by atoms with Gasteiger partial charge in [-0.05, 0) is 25.0 Å². The van der Waals surface area contributed by atoms with Gasteiger partial charge in [0.2, 0.25) is 10.0 Å². The molecule has 27 heavy (non-hydrogen) atoms. The highest BCUT2D eigenvalue weighted by molar-refractivity contribution is 7.89. The number of sulfonamides is 1. The van der Waals surface area contributed by atoms with Gasteiger partial charge in [0.15, 0.2) is 0 Å². The molecule has 0 unspecified atom stereocenters. The van der Waals surface area contributed by atoms with Crippen molar-refractivity contribution in [3.8, 4) is 0 Å². The molecule has 0 bridgehead atoms. The van der Waals surface area contributed by atoms with Gasteiger partial charge in [0, 0.05) is 50.9 Å². The normalized spacial score (nSPS) is 18.3. The number of anilines is 1. The van der Waals surface area contributed by atoms with Crippen LogP contribution in [0.25, 0.3) is 0 Å². The van der Waals surface area contributed by atoms with E-state index in [4.69, 9.17) is 4.98 Å². The monoisotopic (exact) mass is 389 g/mol. The van der Waals surface area contributed by atoms with Gasteiger partial charge < -0.3 is 9.47 Å². The van der Waals surface area contributed by atoms with Crippen LogP contribution < -0.4 is 4.90 Å². The minimum atomic E-state index is -3.41. The topological polar surface area (TPSA) is 71.3 Å². The highest BCUT2D eigenvalue weighted by atomic mass is 32.2. The first-order valence-electron chi connectivity index (χ1n) is 9.63. The molecular formula is C19H27N5O2S. The minimum Gasteiger partial charge on any atom is -0.350 e. The van der Waals surface area contributed by atoms with Gasteiger partial charge in [-0.15, -0.1) is 0 Å². The molecule has 7 nitrogen and oxygen atoms in total. The quantitative estimate of drug-likeness (QED) is 0.802. The van der Waals surface area contributed by atoms with Crippen molar-refractivity contribution in [1.82, 2.24) is 18.8 Å². The Bertz CT molecular complexity index is 928. The van der Waals surface area contributed by atoms with Crippen LogP contribution in [0.3, 0.4) is 0 Å². The molecule has 0 N–H and O–H groups in total. The van der Waals surface area contributed by atoms with Gasteiger partial charge >= 0.3 is 0 Å². The maximum atomic E-state index is 12.6. The summed E-state index contributed by atoms with van der Waals surface area (Å²) in [6, 6.07) is 3.50. The zero-order valence-corrected chi connectivity index (χ0v) is 17.0. The summed E-state index contributed by atoms with van der Waals surface area (Å²) in [6.07, 6.45) is 4.28. The van der Waals surface area contributed by atoms with Gasteiger partial charge in [-0.25, -0.2) is 18.4 Å². The first-order valence-corrected chi connectivity index (χ1v) is 11.1. The predicted octanol–water partition coefficient (Wildman–Crippen LogP) is 2.29. The van der Waals surface area contributed by atoms with Crippen LogP contribution in [0.2, 0.25) is 0 Å². The Kier molecular flexibility index (Phi) is 4.71. The van der Waals surface area contributed by atoms with E-state index in [9.17, 15) is 8.42 Å². The lowest BCUT2D eigenvalue weighted by atomic mass is 10.1. The van der Waals surface area contributed by atoms with Gasteiger partial charge in [0.25, 0.3) is 0 Å². The van der Waals surface area contributed by atoms with Crippen LogP contribution in [0.4, 0.5) is 5.82 Å². The van der Waals surface area contributed by atoms with E-state index in [1.165, 1.54) is 11.9 Å². The van der Waals surface area contributed by atoms with E-state index >= 15 is 0 Å². The summed E-state index contributed by atoms with van der Waals surface area (Å²) in [7, 11) is -1.32. The second-order valence-electron chi connectivity index (χ2n) is 7.71. The van der Waals surface area contributed by atoms with E-state index < -0.39 is 10.0 Å². The highest BCUT2D eigenvalue weighted by Crippen LogP contribution is 2.27. The van der Waals surface area contributed by atoms with Crippen molar-refractivity contribution >= 4 is 15.8 Å². The van der Waals surface area contributed by atoms with Crippen LogP contribution in [0.5, 0.6) is 0 Å². The highest BCUT2D eigenvalue weighted by Gasteiger charge is 2.28. The number of aromatic nitrogens is 3. The molecule has 4 heterocycles. The molecule has 0 spiro atoms. The summed E-state index contributed by atoms with van der Waals surface area (Å²) < 4.78 is 29.1. The third-order valence-corrected chi connectivity index (χ3v) is 7.44. The second kappa shape index (κ2) is 6.91. The van der Waals surface area contributed by atoms with Gasteiger partial charge in [-0.3, -0.25) is 0 Å². The summed E-state index contributed by atoms with van der Waals surface area (Å²) in [5.41, 5.74) is 2.39. The summed E-state index contributed by atoms with van der Waals surface area (Å²) in [5, 5.41) is 0. The van der Waals surface area contributed by atoms with Gasteiger partial charge in [0.1, 0.15) is 16.5 Å². The van der Waals surface area contributed by atoms with Crippen molar-refractivity contribution in [2.75, 3.05) is 24.5 Å². The Balaban J connectivity index is 1.54. The molecule has 2 aliphatic rings. The largest absolute Gasteiger partial charge is 0.350 e. The van der Waals surface area contributed by atoms with Crippen molar-refractivity contribution in [3.05, 3.63) is 35.5 Å². The van der Waals surface area contributed by atoms with Crippen LogP contribution in [0.15, 0.2) is 23.2 Å².